The Bertz CT molecular complexity index is 664. The zero-order valence-electron chi connectivity index (χ0n) is 9.48. The second-order valence-electron chi connectivity index (χ2n) is 3.96. The first kappa shape index (κ1) is 12.0. The molecule has 1 aromatic rings. The fourth-order valence-electron chi connectivity index (χ4n) is 1.79. The highest BCUT2D eigenvalue weighted by molar-refractivity contribution is 6.32. The van der Waals surface area contributed by atoms with E-state index >= 15 is 0 Å². The minimum absolute atomic E-state index is 0.228. The van der Waals surface area contributed by atoms with Crippen LogP contribution in [0.25, 0.3) is 0 Å². The first-order valence-corrected chi connectivity index (χ1v) is 5.83. The van der Waals surface area contributed by atoms with Gasteiger partial charge in [0.05, 0.1) is 11.8 Å². The Balaban J connectivity index is 1.98. The van der Waals surface area contributed by atoms with E-state index in [0.29, 0.717) is 11.1 Å². The molecule has 0 spiro atoms. The number of ether oxygens (including phenoxy) is 1. The van der Waals surface area contributed by atoms with Crippen molar-refractivity contribution in [1.29, 1.82) is 0 Å². The summed E-state index contributed by atoms with van der Waals surface area (Å²) in [6.45, 7) is 0. The van der Waals surface area contributed by atoms with Gasteiger partial charge in [-0.1, -0.05) is 11.6 Å². The van der Waals surface area contributed by atoms with Gasteiger partial charge < -0.3 is 4.74 Å². The van der Waals surface area contributed by atoms with Crippen molar-refractivity contribution in [2.24, 2.45) is 4.99 Å². The lowest BCUT2D eigenvalue weighted by molar-refractivity contribution is 0.444. The summed E-state index contributed by atoms with van der Waals surface area (Å²) in [4.78, 5) is 8.10. The van der Waals surface area contributed by atoms with Crippen LogP contribution >= 0.6 is 11.6 Å². The molecule has 6 heteroatoms. The van der Waals surface area contributed by atoms with Gasteiger partial charge in [0, 0.05) is 11.8 Å². The Morgan fingerprint density at radius 1 is 1.26 bits per heavy atom. The summed E-state index contributed by atoms with van der Waals surface area (Å²) in [6, 6.07) is 2.76. The van der Waals surface area contributed by atoms with E-state index in [1.807, 2.05) is 0 Å². The smallest absolute Gasteiger partial charge is 0.225 e. The minimum Gasteiger partial charge on any atom is -0.446 e. The van der Waals surface area contributed by atoms with Crippen molar-refractivity contribution < 1.29 is 13.5 Å². The Morgan fingerprint density at radius 2 is 2.11 bits per heavy atom. The van der Waals surface area contributed by atoms with Gasteiger partial charge in [-0.15, -0.1) is 0 Å². The van der Waals surface area contributed by atoms with Crippen molar-refractivity contribution >= 4 is 17.5 Å². The third-order valence-electron chi connectivity index (χ3n) is 2.72. The van der Waals surface area contributed by atoms with E-state index in [1.165, 1.54) is 12.5 Å². The maximum atomic E-state index is 13.2. The van der Waals surface area contributed by atoms with Crippen LogP contribution in [0.4, 0.5) is 8.78 Å². The summed E-state index contributed by atoms with van der Waals surface area (Å²) >= 11 is 5.93. The second-order valence-corrected chi connectivity index (χ2v) is 4.32. The molecule has 19 heavy (non-hydrogen) atoms. The van der Waals surface area contributed by atoms with Crippen molar-refractivity contribution in [2.45, 2.75) is 6.04 Å². The molecule has 1 atom stereocenters. The number of aliphatic imine (C=N–C) groups is 1. The van der Waals surface area contributed by atoms with Crippen LogP contribution in [0.5, 0.6) is 0 Å². The highest BCUT2D eigenvalue weighted by Crippen LogP contribution is 2.30. The molecule has 0 radical (unpaired) electrons. The van der Waals surface area contributed by atoms with E-state index < -0.39 is 17.7 Å². The molecule has 1 aliphatic carbocycles. The monoisotopic (exact) mass is 280 g/mol. The van der Waals surface area contributed by atoms with Crippen molar-refractivity contribution in [3.63, 3.8) is 0 Å². The number of allylic oxidation sites excluding steroid dienone is 2. The zero-order valence-corrected chi connectivity index (χ0v) is 10.2. The van der Waals surface area contributed by atoms with Crippen LogP contribution in [0.3, 0.4) is 0 Å². The van der Waals surface area contributed by atoms with Crippen molar-refractivity contribution in [3.8, 4) is 0 Å². The van der Waals surface area contributed by atoms with Crippen LogP contribution in [0.2, 0.25) is 5.15 Å². The molecular weight excluding hydrogens is 274 g/mol. The Kier molecular flexibility index (Phi) is 2.91. The average Bonchev–Trinajstić information content (AvgIpc) is 2.40. The number of halogens is 3. The van der Waals surface area contributed by atoms with Gasteiger partial charge in [0.1, 0.15) is 11.2 Å². The number of pyridine rings is 1. The number of rotatable bonds is 1. The van der Waals surface area contributed by atoms with Crippen molar-refractivity contribution in [2.75, 3.05) is 0 Å². The predicted octanol–water partition coefficient (Wildman–Crippen LogP) is 3.48. The highest BCUT2D eigenvalue weighted by Gasteiger charge is 2.25. The van der Waals surface area contributed by atoms with Crippen LogP contribution < -0.4 is 0 Å². The summed E-state index contributed by atoms with van der Waals surface area (Å²) in [5, 5.41) is 0.236. The summed E-state index contributed by atoms with van der Waals surface area (Å²) < 4.78 is 31.6. The molecule has 2 aliphatic rings. The fraction of sp³-hybridized carbons (Fsp3) is 0.0769. The topological polar surface area (TPSA) is 34.5 Å². The number of fused-ring (bicyclic) bond motifs is 1. The molecule has 3 rings (SSSR count). The highest BCUT2D eigenvalue weighted by atomic mass is 35.5. The second kappa shape index (κ2) is 4.59. The van der Waals surface area contributed by atoms with Crippen LogP contribution in [0.15, 0.2) is 59.0 Å². The normalized spacial score (nSPS) is 21.5. The maximum absolute atomic E-state index is 13.2. The predicted molar refractivity (Wildman–Crippen MR) is 67.1 cm³/mol. The van der Waals surface area contributed by atoms with E-state index in [1.54, 1.807) is 12.1 Å². The van der Waals surface area contributed by atoms with Crippen LogP contribution in [0, 0.1) is 0 Å². The molecular formula is C13H7ClF2N2O. The largest absolute Gasteiger partial charge is 0.446 e. The molecule has 0 bridgehead atoms. The standard InChI is InChI=1S/C13H7ClF2N2O/c14-12-8(2-1-3-17-12)13-18-11-5-10(16)9(15)4-7(11)6-19-13/h1-6,11H. The zero-order chi connectivity index (χ0) is 13.4. The molecule has 0 N–H and O–H groups in total. The molecule has 0 aromatic carbocycles. The summed E-state index contributed by atoms with van der Waals surface area (Å²) in [7, 11) is 0. The lowest BCUT2D eigenvalue weighted by Crippen LogP contribution is -2.19. The van der Waals surface area contributed by atoms with Gasteiger partial charge in [-0.2, -0.15) is 0 Å². The van der Waals surface area contributed by atoms with Gasteiger partial charge in [-0.3, -0.25) is 0 Å². The molecule has 0 saturated heterocycles. The van der Waals surface area contributed by atoms with E-state index in [-0.39, 0.29) is 11.1 Å². The van der Waals surface area contributed by atoms with Crippen molar-refractivity contribution in [3.05, 3.63) is 64.7 Å². The average molecular weight is 281 g/mol. The van der Waals surface area contributed by atoms with E-state index in [0.717, 1.165) is 12.2 Å². The molecule has 0 amide bonds. The van der Waals surface area contributed by atoms with Gasteiger partial charge in [-0.25, -0.2) is 18.8 Å². The third-order valence-corrected chi connectivity index (χ3v) is 3.02. The van der Waals surface area contributed by atoms with Crippen LogP contribution in [-0.2, 0) is 4.74 Å². The van der Waals surface area contributed by atoms with E-state index in [2.05, 4.69) is 9.98 Å². The van der Waals surface area contributed by atoms with Gasteiger partial charge in [0.2, 0.25) is 5.90 Å². The van der Waals surface area contributed by atoms with E-state index in [9.17, 15) is 8.78 Å². The lowest BCUT2D eigenvalue weighted by atomic mass is 10.0. The molecule has 96 valence electrons. The summed E-state index contributed by atoms with van der Waals surface area (Å²) in [6.07, 6.45) is 5.02. The van der Waals surface area contributed by atoms with E-state index in [4.69, 9.17) is 16.3 Å². The minimum atomic E-state index is -0.927. The first-order chi connectivity index (χ1) is 9.15. The SMILES string of the molecule is FC1=CC2=COC(c3cccnc3Cl)=NC2C=C1F. The molecule has 0 fully saturated rings. The van der Waals surface area contributed by atoms with Crippen LogP contribution in [-0.4, -0.2) is 16.9 Å². The molecule has 0 saturated carbocycles. The maximum Gasteiger partial charge on any atom is 0.225 e. The fourth-order valence-corrected chi connectivity index (χ4v) is 1.99. The molecule has 1 unspecified atom stereocenters. The summed E-state index contributed by atoms with van der Waals surface area (Å²) in [5.41, 5.74) is 0.950. The van der Waals surface area contributed by atoms with Gasteiger partial charge in [0.15, 0.2) is 11.7 Å². The Morgan fingerprint density at radius 3 is 2.89 bits per heavy atom. The first-order valence-electron chi connectivity index (χ1n) is 5.45. The van der Waals surface area contributed by atoms with Crippen LogP contribution in [0.1, 0.15) is 5.56 Å². The Hall–Kier alpha value is -2.01. The van der Waals surface area contributed by atoms with Gasteiger partial charge in [0.25, 0.3) is 0 Å². The molecule has 3 nitrogen and oxygen atoms in total. The van der Waals surface area contributed by atoms with Gasteiger partial charge in [-0.05, 0) is 24.3 Å². The third kappa shape index (κ3) is 2.17. The summed E-state index contributed by atoms with van der Waals surface area (Å²) in [5.74, 6) is -1.62. The number of aromatic nitrogens is 1. The number of nitrogens with zero attached hydrogens (tertiary/aromatic N) is 2. The Labute approximate surface area is 112 Å². The number of hydrogen-bond donors (Lipinski definition) is 0. The molecule has 1 aliphatic heterocycles. The van der Waals surface area contributed by atoms with Crippen molar-refractivity contribution in [1.82, 2.24) is 4.98 Å². The number of hydrogen-bond acceptors (Lipinski definition) is 3. The quantitative estimate of drug-likeness (QED) is 0.738. The molecule has 1 aromatic heterocycles. The lowest BCUT2D eigenvalue weighted by Gasteiger charge is -2.20. The molecule has 2 heterocycles. The van der Waals surface area contributed by atoms with Gasteiger partial charge >= 0.3 is 0 Å².